The number of carbonyl (C=O) groups excluding carboxylic acids is 2. The van der Waals surface area contributed by atoms with E-state index in [1.807, 2.05) is 0 Å². The van der Waals surface area contributed by atoms with Gasteiger partial charge in [0.1, 0.15) is 36.8 Å². The Labute approximate surface area is 351 Å². The number of hydrogen-bond donors (Lipinski definition) is 4. The number of unbranched alkanes of at least 4 members (excludes halogenated alkanes) is 22. The molecule has 1 fully saturated rings. The number of rotatable bonds is 38. The normalized spacial score (nSPS) is 20.6. The van der Waals surface area contributed by atoms with Gasteiger partial charge in [0.15, 0.2) is 12.4 Å². The number of aliphatic hydroxyl groups is 3. The summed E-state index contributed by atoms with van der Waals surface area (Å²) >= 11 is 0. The summed E-state index contributed by atoms with van der Waals surface area (Å²) in [6.45, 7) is 3.74. The molecule has 6 atom stereocenters. The lowest BCUT2D eigenvalue weighted by atomic mass is 10.00. The number of aliphatic hydroxyl groups excluding tert-OH is 3. The van der Waals surface area contributed by atoms with Gasteiger partial charge in [-0.3, -0.25) is 14.1 Å². The molecular formula is C45H82O12S. The Morgan fingerprint density at radius 1 is 0.569 bits per heavy atom. The maximum absolute atomic E-state index is 12.8. The molecule has 1 unspecified atom stereocenters. The second-order valence-corrected chi connectivity index (χ2v) is 17.6. The first-order valence-electron chi connectivity index (χ1n) is 22.9. The lowest BCUT2D eigenvalue weighted by Crippen LogP contribution is -2.60. The van der Waals surface area contributed by atoms with Crippen molar-refractivity contribution in [2.75, 3.05) is 19.0 Å². The average Bonchev–Trinajstić information content (AvgIpc) is 3.18. The van der Waals surface area contributed by atoms with Crippen LogP contribution in [0.4, 0.5) is 0 Å². The van der Waals surface area contributed by atoms with E-state index in [0.717, 1.165) is 77.0 Å². The highest BCUT2D eigenvalue weighted by Gasteiger charge is 2.46. The molecule has 340 valence electrons. The van der Waals surface area contributed by atoms with Gasteiger partial charge in [0.2, 0.25) is 0 Å². The molecule has 13 heteroatoms. The fourth-order valence-corrected chi connectivity index (χ4v) is 7.59. The van der Waals surface area contributed by atoms with Crippen LogP contribution in [-0.4, -0.2) is 96.0 Å². The summed E-state index contributed by atoms with van der Waals surface area (Å²) in [5.41, 5.74) is 0. The molecule has 12 nitrogen and oxygen atoms in total. The summed E-state index contributed by atoms with van der Waals surface area (Å²) in [4.78, 5) is 25.4. The summed E-state index contributed by atoms with van der Waals surface area (Å²) in [5.74, 6) is -2.00. The van der Waals surface area contributed by atoms with E-state index in [-0.39, 0.29) is 19.4 Å². The first kappa shape index (κ1) is 54.1. The van der Waals surface area contributed by atoms with Gasteiger partial charge in [-0.05, 0) is 64.2 Å². The van der Waals surface area contributed by atoms with Crippen molar-refractivity contribution < 1.29 is 56.8 Å². The summed E-state index contributed by atoms with van der Waals surface area (Å²) in [5, 5.41) is 30.9. The predicted molar refractivity (Wildman–Crippen MR) is 229 cm³/mol. The van der Waals surface area contributed by atoms with Crippen molar-refractivity contribution in [3.05, 3.63) is 24.3 Å². The van der Waals surface area contributed by atoms with Crippen molar-refractivity contribution >= 4 is 22.1 Å². The van der Waals surface area contributed by atoms with Gasteiger partial charge in [0.25, 0.3) is 10.1 Å². The van der Waals surface area contributed by atoms with E-state index in [2.05, 4.69) is 38.2 Å². The number of hydrogen-bond acceptors (Lipinski definition) is 11. The largest absolute Gasteiger partial charge is 0.462 e. The maximum Gasteiger partial charge on any atom is 0.306 e. The lowest BCUT2D eigenvalue weighted by molar-refractivity contribution is -0.297. The fraction of sp³-hybridized carbons (Fsp3) is 0.867. The van der Waals surface area contributed by atoms with Gasteiger partial charge >= 0.3 is 11.9 Å². The summed E-state index contributed by atoms with van der Waals surface area (Å²) in [6, 6.07) is 0. The highest BCUT2D eigenvalue weighted by Crippen LogP contribution is 2.24. The number of ether oxygens (including phenoxy) is 4. The van der Waals surface area contributed by atoms with E-state index in [1.165, 1.54) is 77.0 Å². The van der Waals surface area contributed by atoms with Gasteiger partial charge in [-0.1, -0.05) is 141 Å². The van der Waals surface area contributed by atoms with Gasteiger partial charge in [-0.2, -0.15) is 8.42 Å². The lowest BCUT2D eigenvalue weighted by Gasteiger charge is -2.40. The third-order valence-corrected chi connectivity index (χ3v) is 11.3. The van der Waals surface area contributed by atoms with Crippen LogP contribution in [0.15, 0.2) is 24.3 Å². The summed E-state index contributed by atoms with van der Waals surface area (Å²) < 4.78 is 54.0. The van der Waals surface area contributed by atoms with E-state index < -0.39 is 71.2 Å². The minimum Gasteiger partial charge on any atom is -0.462 e. The van der Waals surface area contributed by atoms with Crippen molar-refractivity contribution in [3.8, 4) is 0 Å². The third kappa shape index (κ3) is 30.2. The summed E-state index contributed by atoms with van der Waals surface area (Å²) in [7, 11) is -4.60. The molecule has 1 aliphatic rings. The molecule has 0 aromatic heterocycles. The molecule has 58 heavy (non-hydrogen) atoms. The van der Waals surface area contributed by atoms with Crippen molar-refractivity contribution in [1.82, 2.24) is 0 Å². The molecule has 1 aliphatic heterocycles. The van der Waals surface area contributed by atoms with E-state index in [1.54, 1.807) is 0 Å². The van der Waals surface area contributed by atoms with Crippen LogP contribution in [0, 0.1) is 0 Å². The molecule has 0 aromatic carbocycles. The van der Waals surface area contributed by atoms with Crippen LogP contribution in [0.1, 0.15) is 194 Å². The number of allylic oxidation sites excluding steroid dienone is 4. The van der Waals surface area contributed by atoms with Gasteiger partial charge in [-0.25, -0.2) is 0 Å². The molecule has 0 radical (unpaired) electrons. The Bertz CT molecular complexity index is 1180. The Hall–Kier alpha value is -1.87. The average molecular weight is 847 g/mol. The van der Waals surface area contributed by atoms with Gasteiger partial charge < -0.3 is 34.3 Å². The third-order valence-electron chi connectivity index (χ3n) is 10.5. The first-order chi connectivity index (χ1) is 28.0. The minimum atomic E-state index is -4.60. The smallest absolute Gasteiger partial charge is 0.306 e. The second kappa shape index (κ2) is 35.8. The highest BCUT2D eigenvalue weighted by molar-refractivity contribution is 7.85. The Kier molecular flexibility index (Phi) is 33.5. The quantitative estimate of drug-likeness (QED) is 0.0200. The number of esters is 2. The van der Waals surface area contributed by atoms with E-state index in [4.69, 9.17) is 18.9 Å². The maximum atomic E-state index is 12.8. The Balaban J connectivity index is 2.46. The molecular weight excluding hydrogens is 765 g/mol. The predicted octanol–water partition coefficient (Wildman–Crippen LogP) is 9.23. The molecule has 4 N–H and O–H groups in total. The van der Waals surface area contributed by atoms with Crippen LogP contribution in [0.25, 0.3) is 0 Å². The summed E-state index contributed by atoms with van der Waals surface area (Å²) in [6.07, 6.45) is 29.3. The number of carbonyl (C=O) groups is 2. The Morgan fingerprint density at radius 3 is 1.43 bits per heavy atom. The van der Waals surface area contributed by atoms with Crippen LogP contribution in [-0.2, 0) is 38.7 Å². The van der Waals surface area contributed by atoms with Crippen molar-refractivity contribution in [1.29, 1.82) is 0 Å². The van der Waals surface area contributed by atoms with E-state index in [9.17, 15) is 37.9 Å². The standard InChI is InChI=1S/C45H82O12S/c1-3-5-7-9-11-13-15-17-19-21-23-25-27-29-31-33-40(46)54-35-38(36-55-45-44(50)43(49)42(48)39(57-45)37-58(51,52)53)56-41(47)34-32-30-28-26-24-22-20-18-16-14-12-10-8-6-4-2/h17-20,38-39,42-45,48-50H,3-16,21-37H2,1-2H3,(H,51,52,53)/b19-17-,20-18-/t38?,39-,42-,43+,44-,45+/m1/s1. The fourth-order valence-electron chi connectivity index (χ4n) is 6.90. The van der Waals surface area contributed by atoms with Gasteiger partial charge in [-0.15, -0.1) is 0 Å². The van der Waals surface area contributed by atoms with Crippen LogP contribution >= 0.6 is 0 Å². The molecule has 0 bridgehead atoms. The first-order valence-corrected chi connectivity index (χ1v) is 24.5. The molecule has 1 saturated heterocycles. The second-order valence-electron chi connectivity index (χ2n) is 16.1. The molecule has 0 amide bonds. The van der Waals surface area contributed by atoms with Crippen molar-refractivity contribution in [3.63, 3.8) is 0 Å². The topological polar surface area (TPSA) is 186 Å². The van der Waals surface area contributed by atoms with Gasteiger partial charge in [0, 0.05) is 12.8 Å². The SMILES string of the molecule is CCCCCCCC/C=C\CCCCCCCC(=O)OCC(CO[C@H]1O[C@H](CS(=O)(=O)O)[C@@H](O)[C@H](O)[C@H]1O)OC(=O)CCCCCCC/C=C\CCCCCCCC. The minimum absolute atomic E-state index is 0.154. The van der Waals surface area contributed by atoms with Gasteiger partial charge in [0.05, 0.1) is 6.61 Å². The molecule has 1 rings (SSSR count). The molecule has 1 heterocycles. The van der Waals surface area contributed by atoms with E-state index >= 15 is 0 Å². The van der Waals surface area contributed by atoms with Crippen LogP contribution in [0.3, 0.4) is 0 Å². The van der Waals surface area contributed by atoms with Crippen LogP contribution < -0.4 is 0 Å². The monoisotopic (exact) mass is 847 g/mol. The van der Waals surface area contributed by atoms with Crippen LogP contribution in [0.5, 0.6) is 0 Å². The van der Waals surface area contributed by atoms with Crippen molar-refractivity contribution in [2.24, 2.45) is 0 Å². The van der Waals surface area contributed by atoms with E-state index in [0.29, 0.717) is 12.8 Å². The zero-order valence-corrected chi connectivity index (χ0v) is 37.0. The molecule has 0 aromatic rings. The Morgan fingerprint density at radius 2 is 0.983 bits per heavy atom. The van der Waals surface area contributed by atoms with Crippen molar-refractivity contribution in [2.45, 2.75) is 230 Å². The molecule has 0 spiro atoms. The zero-order chi connectivity index (χ0) is 42.7. The van der Waals surface area contributed by atoms with Crippen LogP contribution in [0.2, 0.25) is 0 Å². The zero-order valence-electron chi connectivity index (χ0n) is 36.2. The molecule has 0 aliphatic carbocycles. The molecule has 0 saturated carbocycles. The highest BCUT2D eigenvalue weighted by atomic mass is 32.2.